The minimum absolute atomic E-state index is 0.0186. The van der Waals surface area contributed by atoms with Crippen LogP contribution in [0.3, 0.4) is 0 Å². The van der Waals surface area contributed by atoms with Crippen molar-refractivity contribution in [1.29, 1.82) is 0 Å². The van der Waals surface area contributed by atoms with Crippen LogP contribution < -0.4 is 0 Å². The molecule has 2 heterocycles. The van der Waals surface area contributed by atoms with Crippen molar-refractivity contribution < 1.29 is 28.2 Å². The Hall–Kier alpha value is -1.59. The normalized spacial score (nSPS) is 22.1. The summed E-state index contributed by atoms with van der Waals surface area (Å²) in [6.07, 6.45) is 6.21. The molecule has 1 fully saturated rings. The van der Waals surface area contributed by atoms with Crippen LogP contribution >= 0.6 is 12.2 Å². The maximum atomic E-state index is 12.3. The van der Waals surface area contributed by atoms with Crippen LogP contribution in [0.5, 0.6) is 0 Å². The Morgan fingerprint density at radius 3 is 2.41 bits per heavy atom. The molecule has 0 aliphatic carbocycles. The standard InChI is InChI=1S/C24H40N2O6SSi/c1-22(2,3)31-19(27)12-11-17-20(32-24(7,8)30-17)18(15-28-34(9,10)23(4,5)6)29-21(33)26-14-13-25-16-26/h11-14,16-18,20H,15H2,1-10H3/b12-11-/t17-,18+,20-/m0/s1. The van der Waals surface area contributed by atoms with E-state index in [1.807, 2.05) is 34.6 Å². The van der Waals surface area contributed by atoms with Gasteiger partial charge in [-0.05, 0) is 71.0 Å². The fourth-order valence-corrected chi connectivity index (χ4v) is 4.27. The van der Waals surface area contributed by atoms with Crippen LogP contribution in [0.4, 0.5) is 0 Å². The second kappa shape index (κ2) is 10.6. The van der Waals surface area contributed by atoms with Crippen molar-refractivity contribution in [3.8, 4) is 0 Å². The molecular weight excluding hydrogens is 472 g/mol. The second-order valence-corrected chi connectivity index (χ2v) is 16.6. The number of aromatic nitrogens is 2. The largest absolute Gasteiger partial charge is 0.462 e. The van der Waals surface area contributed by atoms with E-state index in [9.17, 15) is 4.79 Å². The lowest BCUT2D eigenvalue weighted by atomic mass is 10.1. The number of carbonyl (C=O) groups is 1. The first-order chi connectivity index (χ1) is 15.4. The van der Waals surface area contributed by atoms with Crippen LogP contribution in [0, 0.1) is 0 Å². The highest BCUT2D eigenvalue weighted by Gasteiger charge is 2.47. The summed E-state index contributed by atoms with van der Waals surface area (Å²) in [5.74, 6) is -1.34. The summed E-state index contributed by atoms with van der Waals surface area (Å²) in [5.41, 5.74) is -0.591. The summed E-state index contributed by atoms with van der Waals surface area (Å²) in [6, 6.07) is 0. The molecule has 0 unspecified atom stereocenters. The molecule has 0 N–H and O–H groups in total. The molecule has 0 aromatic carbocycles. The van der Waals surface area contributed by atoms with Crippen molar-refractivity contribution >= 4 is 31.7 Å². The predicted molar refractivity (Wildman–Crippen MR) is 137 cm³/mol. The fraction of sp³-hybridized carbons (Fsp3) is 0.708. The van der Waals surface area contributed by atoms with E-state index < -0.39 is 44.0 Å². The third kappa shape index (κ3) is 8.26. The van der Waals surface area contributed by atoms with Gasteiger partial charge in [0.1, 0.15) is 24.1 Å². The number of hydrogen-bond acceptors (Lipinski definition) is 8. The van der Waals surface area contributed by atoms with Crippen LogP contribution in [-0.2, 0) is 28.2 Å². The summed E-state index contributed by atoms with van der Waals surface area (Å²) in [6.45, 7) is 20.2. The highest BCUT2D eigenvalue weighted by atomic mass is 32.1. The van der Waals surface area contributed by atoms with Crippen LogP contribution in [0.1, 0.15) is 55.4 Å². The average molecular weight is 513 g/mol. The first kappa shape index (κ1) is 28.6. The highest BCUT2D eigenvalue weighted by molar-refractivity contribution is 7.80. The number of thiocarbonyl (C=S) groups is 1. The van der Waals surface area contributed by atoms with Crippen LogP contribution in [0.2, 0.25) is 18.1 Å². The summed E-state index contributed by atoms with van der Waals surface area (Å²) in [5, 5.41) is 0.245. The lowest BCUT2D eigenvalue weighted by molar-refractivity contribution is -0.154. The third-order valence-electron chi connectivity index (χ3n) is 5.74. The zero-order valence-electron chi connectivity index (χ0n) is 22.1. The van der Waals surface area contributed by atoms with Gasteiger partial charge >= 0.3 is 5.97 Å². The van der Waals surface area contributed by atoms with Gasteiger partial charge in [0, 0.05) is 18.5 Å². The molecule has 1 saturated heterocycles. The van der Waals surface area contributed by atoms with E-state index >= 15 is 0 Å². The van der Waals surface area contributed by atoms with E-state index in [0.717, 1.165) is 0 Å². The minimum atomic E-state index is -2.09. The zero-order valence-corrected chi connectivity index (χ0v) is 23.9. The Kier molecular flexibility index (Phi) is 8.91. The lowest BCUT2D eigenvalue weighted by Crippen LogP contribution is -2.47. The second-order valence-electron chi connectivity index (χ2n) is 11.4. The summed E-state index contributed by atoms with van der Waals surface area (Å²) in [7, 11) is -2.09. The molecule has 192 valence electrons. The van der Waals surface area contributed by atoms with Gasteiger partial charge in [0.25, 0.3) is 5.17 Å². The molecule has 1 aromatic heterocycles. The molecule has 0 spiro atoms. The molecule has 10 heteroatoms. The number of imidazole rings is 1. The Balaban J connectivity index is 2.28. The van der Waals surface area contributed by atoms with Crippen molar-refractivity contribution in [1.82, 2.24) is 9.55 Å². The van der Waals surface area contributed by atoms with E-state index in [1.54, 1.807) is 29.4 Å². The Bertz CT molecular complexity index is 871. The first-order valence-corrected chi connectivity index (χ1v) is 14.8. The number of hydrogen-bond donors (Lipinski definition) is 0. The van der Waals surface area contributed by atoms with Gasteiger partial charge < -0.3 is 23.4 Å². The topological polar surface area (TPSA) is 81.0 Å². The molecule has 1 aromatic rings. The minimum Gasteiger partial charge on any atom is -0.462 e. The lowest BCUT2D eigenvalue weighted by Gasteiger charge is -2.38. The third-order valence-corrected chi connectivity index (χ3v) is 10.5. The molecule has 8 nitrogen and oxygen atoms in total. The number of carbonyl (C=O) groups excluding carboxylic acids is 1. The van der Waals surface area contributed by atoms with Gasteiger partial charge in [0.15, 0.2) is 20.2 Å². The number of nitrogens with zero attached hydrogens (tertiary/aromatic N) is 2. The summed E-state index contributed by atoms with van der Waals surface area (Å²) >= 11 is 5.50. The maximum Gasteiger partial charge on any atom is 0.331 e. The average Bonchev–Trinajstić information content (AvgIpc) is 3.28. The van der Waals surface area contributed by atoms with Crippen LogP contribution in [0.15, 0.2) is 30.9 Å². The van der Waals surface area contributed by atoms with Crippen LogP contribution in [0.25, 0.3) is 0 Å². The number of esters is 1. The Morgan fingerprint density at radius 2 is 1.88 bits per heavy atom. The van der Waals surface area contributed by atoms with Crippen molar-refractivity contribution in [3.63, 3.8) is 0 Å². The predicted octanol–water partition coefficient (Wildman–Crippen LogP) is 4.84. The van der Waals surface area contributed by atoms with Crippen LogP contribution in [-0.4, -0.2) is 65.3 Å². The number of rotatable bonds is 7. The van der Waals surface area contributed by atoms with E-state index in [4.69, 9.17) is 35.6 Å². The van der Waals surface area contributed by atoms with Gasteiger partial charge in [0.05, 0.1) is 6.61 Å². The van der Waals surface area contributed by atoms with Crippen molar-refractivity contribution in [2.75, 3.05) is 6.61 Å². The number of ether oxygens (including phenoxy) is 4. The fourth-order valence-electron chi connectivity index (χ4n) is 3.02. The molecule has 0 amide bonds. The van der Waals surface area contributed by atoms with Crippen molar-refractivity contribution in [2.24, 2.45) is 0 Å². The molecule has 1 aliphatic rings. The maximum absolute atomic E-state index is 12.3. The molecule has 34 heavy (non-hydrogen) atoms. The van der Waals surface area contributed by atoms with Crippen molar-refractivity contribution in [3.05, 3.63) is 30.9 Å². The molecule has 0 saturated carbocycles. The molecule has 0 radical (unpaired) electrons. The zero-order chi connectivity index (χ0) is 25.9. The van der Waals surface area contributed by atoms with Gasteiger partial charge in [0.2, 0.25) is 0 Å². The summed E-state index contributed by atoms with van der Waals surface area (Å²) < 4.78 is 32.0. The molecular formula is C24H40N2O6SSi. The van der Waals surface area contributed by atoms with Gasteiger partial charge in [-0.3, -0.25) is 4.57 Å². The van der Waals surface area contributed by atoms with E-state index in [1.165, 1.54) is 6.08 Å². The quantitative estimate of drug-likeness (QED) is 0.222. The van der Waals surface area contributed by atoms with E-state index in [-0.39, 0.29) is 16.8 Å². The molecule has 2 rings (SSSR count). The van der Waals surface area contributed by atoms with Gasteiger partial charge in [-0.1, -0.05) is 20.8 Å². The Labute approximate surface area is 210 Å². The monoisotopic (exact) mass is 512 g/mol. The van der Waals surface area contributed by atoms with E-state index in [2.05, 4.69) is 38.8 Å². The molecule has 0 bridgehead atoms. The van der Waals surface area contributed by atoms with E-state index in [0.29, 0.717) is 0 Å². The van der Waals surface area contributed by atoms with Crippen molar-refractivity contribution in [2.45, 2.75) is 103 Å². The molecule has 3 atom stereocenters. The molecule has 1 aliphatic heterocycles. The highest BCUT2D eigenvalue weighted by Crippen LogP contribution is 2.38. The Morgan fingerprint density at radius 1 is 1.24 bits per heavy atom. The SMILES string of the molecule is CC(C)(C)OC(=O)/C=C\[C@@H]1OC(C)(C)O[C@@H]1[C@@H](CO[Si](C)(C)C(C)(C)C)OC(=S)n1ccnc1. The first-order valence-electron chi connectivity index (χ1n) is 11.5. The summed E-state index contributed by atoms with van der Waals surface area (Å²) in [4.78, 5) is 16.3. The van der Waals surface area contributed by atoms with Gasteiger partial charge in [-0.2, -0.15) is 0 Å². The van der Waals surface area contributed by atoms with Gasteiger partial charge in [-0.15, -0.1) is 0 Å². The van der Waals surface area contributed by atoms with Gasteiger partial charge in [-0.25, -0.2) is 9.78 Å². The smallest absolute Gasteiger partial charge is 0.331 e.